The molecule has 3 nitrogen and oxygen atoms in total. The van der Waals surface area contributed by atoms with Crippen LogP contribution in [0, 0.1) is 0 Å². The summed E-state index contributed by atoms with van der Waals surface area (Å²) in [6.07, 6.45) is 0. The minimum absolute atomic E-state index is 0.250. The summed E-state index contributed by atoms with van der Waals surface area (Å²) in [7, 11) is 0. The average Bonchev–Trinajstić information content (AvgIpc) is 1.46. The van der Waals surface area contributed by atoms with Crippen LogP contribution in [0.2, 0.25) is 0 Å². The van der Waals surface area contributed by atoms with Gasteiger partial charge in [0.1, 0.15) is 0 Å². The molecule has 0 aliphatic rings. The summed E-state index contributed by atoms with van der Waals surface area (Å²) in [4.78, 5) is 8.36. The molecule has 0 radical (unpaired) electrons. The van der Waals surface area contributed by atoms with Crippen LogP contribution in [0.15, 0.2) is 0 Å². The normalized spacial score (nSPS) is 3.60. The molecule has 0 saturated carbocycles. The van der Waals surface area contributed by atoms with Crippen LogP contribution in [0.25, 0.3) is 0 Å². The Balaban J connectivity index is 0. The van der Waals surface area contributed by atoms with E-state index in [1.54, 1.807) is 0 Å². The van der Waals surface area contributed by atoms with Gasteiger partial charge < -0.3 is 5.11 Å². The van der Waals surface area contributed by atoms with Gasteiger partial charge in [-0.05, 0) is 0 Å². The van der Waals surface area contributed by atoms with Crippen molar-refractivity contribution >= 4 is 6.47 Å². The Morgan fingerprint density at radius 1 is 1.60 bits per heavy atom. The van der Waals surface area contributed by atoms with E-state index in [9.17, 15) is 0 Å². The van der Waals surface area contributed by atoms with Crippen molar-refractivity contribution in [2.75, 3.05) is 0 Å². The molecular weight excluding hydrogens is 166 g/mol. The SMILES string of the molecule is O=CO.[O]=[Pd]. The predicted octanol–water partition coefficient (Wildman–Crippen LogP) is -0.420. The molecule has 0 heterocycles. The molecule has 0 atom stereocenters. The van der Waals surface area contributed by atoms with E-state index in [4.69, 9.17) is 13.4 Å². The van der Waals surface area contributed by atoms with E-state index in [-0.39, 0.29) is 6.47 Å². The van der Waals surface area contributed by atoms with Gasteiger partial charge in [0.2, 0.25) is 0 Å². The number of rotatable bonds is 0. The fourth-order valence-corrected chi connectivity index (χ4v) is 0. The summed E-state index contributed by atoms with van der Waals surface area (Å²) in [6, 6.07) is 0. The monoisotopic (exact) mass is 168 g/mol. The zero-order chi connectivity index (χ0) is 4.71. The fraction of sp³-hybridized carbons (Fsp3) is 0. The van der Waals surface area contributed by atoms with E-state index in [0.717, 1.165) is 0 Å². The van der Waals surface area contributed by atoms with Gasteiger partial charge in [-0.25, -0.2) is 0 Å². The molecule has 5 heavy (non-hydrogen) atoms. The molecule has 0 fully saturated rings. The van der Waals surface area contributed by atoms with Gasteiger partial charge in [0.25, 0.3) is 6.47 Å². The van der Waals surface area contributed by atoms with Crippen molar-refractivity contribution in [3.05, 3.63) is 0 Å². The Morgan fingerprint density at radius 3 is 1.60 bits per heavy atom. The molecule has 0 aliphatic carbocycles. The molecule has 0 bridgehead atoms. The molecule has 0 aromatic carbocycles. The van der Waals surface area contributed by atoms with Gasteiger partial charge >= 0.3 is 22.6 Å². The van der Waals surface area contributed by atoms with Crippen LogP contribution in [-0.2, 0) is 27.4 Å². The third-order valence-electron chi connectivity index (χ3n) is 0. The maximum atomic E-state index is 8.36. The van der Waals surface area contributed by atoms with E-state index >= 15 is 0 Å². The second-order valence-electron chi connectivity index (χ2n) is 0.105. The van der Waals surface area contributed by atoms with Crippen molar-refractivity contribution in [2.45, 2.75) is 0 Å². The number of carboxylic acid groups (broad SMARTS) is 1. The zero-order valence-corrected chi connectivity index (χ0v) is 3.71. The molecule has 0 rings (SSSR count). The first kappa shape index (κ1) is 8.87. The number of hydrogen-bond donors (Lipinski definition) is 1. The summed E-state index contributed by atoms with van der Waals surface area (Å²) in [5, 5.41) is 6.89. The van der Waals surface area contributed by atoms with Gasteiger partial charge in [-0.15, -0.1) is 0 Å². The summed E-state index contributed by atoms with van der Waals surface area (Å²) in [5.74, 6) is 0. The van der Waals surface area contributed by atoms with E-state index in [1.165, 1.54) is 19.2 Å². The molecule has 0 amide bonds. The minimum atomic E-state index is -0.250. The molecule has 0 unspecified atom stereocenters. The van der Waals surface area contributed by atoms with Crippen molar-refractivity contribution < 1.29 is 32.5 Å². The van der Waals surface area contributed by atoms with Gasteiger partial charge in [-0.1, -0.05) is 0 Å². The zero-order valence-electron chi connectivity index (χ0n) is 2.16. The van der Waals surface area contributed by atoms with Crippen LogP contribution >= 0.6 is 0 Å². The summed E-state index contributed by atoms with van der Waals surface area (Å²) in [6.45, 7) is -0.250. The van der Waals surface area contributed by atoms with Crippen molar-refractivity contribution in [2.24, 2.45) is 0 Å². The standard InChI is InChI=1S/CH2O2.O.Pd/c2-1-3;;/h1H,(H,2,3);;. The first-order valence-corrected chi connectivity index (χ1v) is 1.26. The fourth-order valence-electron chi connectivity index (χ4n) is 0. The van der Waals surface area contributed by atoms with Crippen molar-refractivity contribution in [3.8, 4) is 0 Å². The topological polar surface area (TPSA) is 54.4 Å². The molecule has 0 aliphatic heterocycles. The third-order valence-corrected chi connectivity index (χ3v) is 0. The Bertz CT molecular complexity index is 20.9. The van der Waals surface area contributed by atoms with Gasteiger partial charge in [0, 0.05) is 0 Å². The van der Waals surface area contributed by atoms with E-state index in [1.807, 2.05) is 0 Å². The first-order chi connectivity index (χ1) is 2.41. The van der Waals surface area contributed by atoms with Gasteiger partial charge in [-0.3, -0.25) is 4.79 Å². The van der Waals surface area contributed by atoms with Crippen LogP contribution in [0.3, 0.4) is 0 Å². The van der Waals surface area contributed by atoms with Gasteiger partial charge in [-0.2, -0.15) is 0 Å². The Hall–Kier alpha value is -0.0677. The number of carbonyl (C=O) groups is 1. The Morgan fingerprint density at radius 2 is 1.60 bits per heavy atom. The van der Waals surface area contributed by atoms with Crippen molar-refractivity contribution in [1.82, 2.24) is 0 Å². The van der Waals surface area contributed by atoms with E-state index in [2.05, 4.69) is 0 Å². The van der Waals surface area contributed by atoms with Crippen molar-refractivity contribution in [3.63, 3.8) is 0 Å². The summed E-state index contributed by atoms with van der Waals surface area (Å²) in [5.41, 5.74) is 0. The summed E-state index contributed by atoms with van der Waals surface area (Å²) < 4.78 is 8.10. The second-order valence-corrected chi connectivity index (χ2v) is 0.105. The van der Waals surface area contributed by atoms with Crippen LogP contribution < -0.4 is 0 Å². The Labute approximate surface area is 39.7 Å². The molecule has 0 spiro atoms. The van der Waals surface area contributed by atoms with E-state index in [0.29, 0.717) is 0 Å². The molecular formula is CH2O3Pd. The van der Waals surface area contributed by atoms with Gasteiger partial charge in [0.15, 0.2) is 0 Å². The molecule has 34 valence electrons. The third kappa shape index (κ3) is 3210. The first-order valence-electron chi connectivity index (χ1n) is 0.623. The van der Waals surface area contributed by atoms with Crippen LogP contribution in [0.5, 0.6) is 0 Å². The quantitative estimate of drug-likeness (QED) is 0.395. The van der Waals surface area contributed by atoms with Gasteiger partial charge in [0.05, 0.1) is 0 Å². The maximum absolute atomic E-state index is 8.36. The average molecular weight is 168 g/mol. The molecule has 0 aromatic rings. The van der Waals surface area contributed by atoms with Crippen LogP contribution in [0.4, 0.5) is 0 Å². The Kier molecular flexibility index (Phi) is 69.0. The predicted molar refractivity (Wildman–Crippen MR) is 9.38 cm³/mol. The van der Waals surface area contributed by atoms with Crippen molar-refractivity contribution in [1.29, 1.82) is 0 Å². The molecule has 1 N–H and O–H groups in total. The van der Waals surface area contributed by atoms with Crippen LogP contribution in [-0.4, -0.2) is 11.6 Å². The summed E-state index contributed by atoms with van der Waals surface area (Å²) >= 11 is 1.50. The number of hydrogen-bond acceptors (Lipinski definition) is 2. The van der Waals surface area contributed by atoms with Crippen LogP contribution in [0.1, 0.15) is 0 Å². The molecule has 0 aromatic heterocycles. The molecule has 0 saturated heterocycles. The molecule has 4 heteroatoms. The second kappa shape index (κ2) is 38.9. The van der Waals surface area contributed by atoms with E-state index < -0.39 is 0 Å².